The van der Waals surface area contributed by atoms with Crippen LogP contribution in [0.3, 0.4) is 0 Å². The lowest BCUT2D eigenvalue weighted by Gasteiger charge is -2.19. The lowest BCUT2D eigenvalue weighted by atomic mass is 9.79. The molecule has 0 saturated heterocycles. The van der Waals surface area contributed by atoms with Crippen molar-refractivity contribution >= 4 is 36.6 Å². The molecule has 0 aromatic heterocycles. The van der Waals surface area contributed by atoms with Crippen LogP contribution in [-0.2, 0) is 0 Å². The first-order valence-electron chi connectivity index (χ1n) is 5.55. The van der Waals surface area contributed by atoms with E-state index in [-0.39, 0.29) is 23.8 Å². The van der Waals surface area contributed by atoms with Gasteiger partial charge in [0.05, 0.1) is 0 Å². The normalized spacial score (nSPS) is 9.56. The predicted molar refractivity (Wildman–Crippen MR) is 75.2 cm³/mol. The average Bonchev–Trinajstić information content (AvgIpc) is 2.29. The first-order chi connectivity index (χ1) is 7.99. The van der Waals surface area contributed by atoms with Crippen LogP contribution >= 0.6 is 12.4 Å². The summed E-state index contributed by atoms with van der Waals surface area (Å²) in [4.78, 5) is 13.7. The van der Waals surface area contributed by atoms with E-state index in [1.54, 1.807) is 4.90 Å². The first kappa shape index (κ1) is 16.8. The van der Waals surface area contributed by atoms with Gasteiger partial charge in [-0.25, -0.2) is 0 Å². The van der Waals surface area contributed by atoms with Gasteiger partial charge in [-0.3, -0.25) is 4.79 Å². The van der Waals surface area contributed by atoms with Crippen molar-refractivity contribution in [3.63, 3.8) is 0 Å². The highest BCUT2D eigenvalue weighted by molar-refractivity contribution is 6.58. The number of hydrogen-bond acceptors (Lipinski definition) is 4. The number of anilines is 1. The Morgan fingerprint density at radius 3 is 2.28 bits per heavy atom. The summed E-state index contributed by atoms with van der Waals surface area (Å²) < 4.78 is 0. The number of rotatable bonds is 4. The third-order valence-electron chi connectivity index (χ3n) is 2.57. The maximum absolute atomic E-state index is 12.0. The lowest BCUT2D eigenvalue weighted by Crippen LogP contribution is -2.34. The molecule has 7 heteroatoms. The van der Waals surface area contributed by atoms with E-state index in [2.05, 4.69) is 0 Å². The zero-order chi connectivity index (χ0) is 13.0. The van der Waals surface area contributed by atoms with Crippen molar-refractivity contribution in [2.75, 3.05) is 18.8 Å². The maximum atomic E-state index is 12.0. The second-order valence-corrected chi connectivity index (χ2v) is 3.74. The van der Waals surface area contributed by atoms with Crippen LogP contribution in [0.2, 0.25) is 0 Å². The Labute approximate surface area is 113 Å². The Morgan fingerprint density at radius 2 is 1.83 bits per heavy atom. The third kappa shape index (κ3) is 3.91. The highest BCUT2D eigenvalue weighted by Crippen LogP contribution is 2.09. The van der Waals surface area contributed by atoms with Crippen molar-refractivity contribution in [3.8, 4) is 0 Å². The first-order valence-corrected chi connectivity index (χ1v) is 5.55. The fourth-order valence-electron chi connectivity index (χ4n) is 1.64. The Hall–Kier alpha value is -1.24. The molecular formula is C11H18BClN2O3. The van der Waals surface area contributed by atoms with Crippen LogP contribution in [-0.4, -0.2) is 41.1 Å². The van der Waals surface area contributed by atoms with E-state index in [4.69, 9.17) is 15.8 Å². The topological polar surface area (TPSA) is 86.8 Å². The van der Waals surface area contributed by atoms with Crippen molar-refractivity contribution in [2.24, 2.45) is 0 Å². The molecule has 0 atom stereocenters. The minimum absolute atomic E-state index is 0. The summed E-state index contributed by atoms with van der Waals surface area (Å²) in [6, 6.07) is 4.41. The molecule has 100 valence electrons. The fraction of sp³-hybridized carbons (Fsp3) is 0.364. The lowest BCUT2D eigenvalue weighted by molar-refractivity contribution is 0.0773. The second kappa shape index (κ2) is 7.26. The number of halogens is 1. The van der Waals surface area contributed by atoms with Crippen LogP contribution in [0.25, 0.3) is 0 Å². The number of carbonyl (C=O) groups excluding carboxylic acids is 1. The summed E-state index contributed by atoms with van der Waals surface area (Å²) in [5, 5.41) is 18.2. The van der Waals surface area contributed by atoms with Crippen molar-refractivity contribution in [3.05, 3.63) is 23.8 Å². The van der Waals surface area contributed by atoms with Crippen LogP contribution in [0, 0.1) is 0 Å². The Kier molecular flexibility index (Phi) is 6.76. The van der Waals surface area contributed by atoms with Crippen molar-refractivity contribution in [1.82, 2.24) is 4.90 Å². The number of amides is 1. The Bertz CT molecular complexity index is 411. The third-order valence-corrected chi connectivity index (χ3v) is 2.57. The monoisotopic (exact) mass is 272 g/mol. The van der Waals surface area contributed by atoms with E-state index < -0.39 is 7.12 Å². The number of nitrogens with two attached hydrogens (primary N) is 1. The molecule has 0 bridgehead atoms. The predicted octanol–water partition coefficient (Wildman–Crippen LogP) is -0.148. The minimum Gasteiger partial charge on any atom is -0.423 e. The number of carbonyl (C=O) groups is 1. The van der Waals surface area contributed by atoms with Gasteiger partial charge in [-0.15, -0.1) is 12.4 Å². The molecule has 0 radical (unpaired) electrons. The van der Waals surface area contributed by atoms with Crippen LogP contribution in [0.1, 0.15) is 24.2 Å². The molecular weight excluding hydrogens is 254 g/mol. The SMILES string of the molecule is CCN(CC)C(=O)c1cc(N)cc(B(O)O)c1.Cl. The van der Waals surface area contributed by atoms with Crippen LogP contribution < -0.4 is 11.2 Å². The molecule has 1 amide bonds. The standard InChI is InChI=1S/C11H17BN2O3.ClH/c1-3-14(4-2)11(15)8-5-9(12(16)17)7-10(13)6-8;/h5-7,16-17H,3-4,13H2,1-2H3;1H. The van der Waals surface area contributed by atoms with Gasteiger partial charge >= 0.3 is 7.12 Å². The van der Waals surface area contributed by atoms with Gasteiger partial charge in [-0.1, -0.05) is 0 Å². The number of nitrogens with zero attached hydrogens (tertiary/aromatic N) is 1. The van der Waals surface area contributed by atoms with Gasteiger partial charge in [-0.2, -0.15) is 0 Å². The quantitative estimate of drug-likeness (QED) is 0.526. The summed E-state index contributed by atoms with van der Waals surface area (Å²) in [6.45, 7) is 4.97. The highest BCUT2D eigenvalue weighted by Gasteiger charge is 2.17. The number of benzene rings is 1. The molecule has 1 aromatic rings. The van der Waals surface area contributed by atoms with Crippen molar-refractivity contribution in [2.45, 2.75) is 13.8 Å². The number of nitrogen functional groups attached to an aromatic ring is 1. The molecule has 0 aliphatic carbocycles. The Balaban J connectivity index is 0.00000289. The van der Waals surface area contributed by atoms with Gasteiger partial charge < -0.3 is 20.7 Å². The zero-order valence-corrected chi connectivity index (χ0v) is 11.3. The second-order valence-electron chi connectivity index (χ2n) is 3.74. The van der Waals surface area contributed by atoms with Gasteiger partial charge in [0.1, 0.15) is 0 Å². The zero-order valence-electron chi connectivity index (χ0n) is 10.5. The Morgan fingerprint density at radius 1 is 1.28 bits per heavy atom. The van der Waals surface area contributed by atoms with E-state index in [1.807, 2.05) is 13.8 Å². The van der Waals surface area contributed by atoms with Crippen molar-refractivity contribution < 1.29 is 14.8 Å². The van der Waals surface area contributed by atoms with E-state index >= 15 is 0 Å². The minimum atomic E-state index is -1.62. The average molecular weight is 273 g/mol. The molecule has 0 fully saturated rings. The van der Waals surface area contributed by atoms with Gasteiger partial charge in [0.2, 0.25) is 0 Å². The summed E-state index contributed by atoms with van der Waals surface area (Å²) in [5.41, 5.74) is 6.56. The van der Waals surface area contributed by atoms with Crippen LogP contribution in [0.5, 0.6) is 0 Å². The summed E-state index contributed by atoms with van der Waals surface area (Å²) in [6.07, 6.45) is 0. The highest BCUT2D eigenvalue weighted by atomic mass is 35.5. The molecule has 4 N–H and O–H groups in total. The molecule has 0 aliphatic heterocycles. The molecule has 5 nitrogen and oxygen atoms in total. The molecule has 1 rings (SSSR count). The summed E-state index contributed by atoms with van der Waals surface area (Å²) in [7, 11) is -1.62. The van der Waals surface area contributed by atoms with Crippen LogP contribution in [0.15, 0.2) is 18.2 Å². The number of hydrogen-bond donors (Lipinski definition) is 3. The van der Waals surface area contributed by atoms with E-state index in [1.165, 1.54) is 18.2 Å². The molecule has 0 aliphatic rings. The molecule has 1 aromatic carbocycles. The fourth-order valence-corrected chi connectivity index (χ4v) is 1.64. The molecule has 0 saturated carbocycles. The molecule has 18 heavy (non-hydrogen) atoms. The molecule has 0 spiro atoms. The summed E-state index contributed by atoms with van der Waals surface area (Å²) in [5.74, 6) is -0.163. The largest absolute Gasteiger partial charge is 0.488 e. The van der Waals surface area contributed by atoms with E-state index in [0.717, 1.165) is 0 Å². The van der Waals surface area contributed by atoms with Crippen molar-refractivity contribution in [1.29, 1.82) is 0 Å². The van der Waals surface area contributed by atoms with E-state index in [0.29, 0.717) is 24.3 Å². The molecule has 0 unspecified atom stereocenters. The molecule has 0 heterocycles. The van der Waals surface area contributed by atoms with E-state index in [9.17, 15) is 4.79 Å². The van der Waals surface area contributed by atoms with Gasteiger partial charge in [0, 0.05) is 24.3 Å². The van der Waals surface area contributed by atoms with Gasteiger partial charge in [0.15, 0.2) is 0 Å². The van der Waals surface area contributed by atoms with Crippen LogP contribution in [0.4, 0.5) is 5.69 Å². The van der Waals surface area contributed by atoms with Gasteiger partial charge in [0.25, 0.3) is 5.91 Å². The summed E-state index contributed by atoms with van der Waals surface area (Å²) >= 11 is 0. The van der Waals surface area contributed by atoms with Gasteiger partial charge in [-0.05, 0) is 37.5 Å². The smallest absolute Gasteiger partial charge is 0.423 e. The maximum Gasteiger partial charge on any atom is 0.488 e.